The normalized spacial score (nSPS) is 12.5. The Morgan fingerprint density at radius 1 is 0.773 bits per heavy atom. The second-order valence-corrected chi connectivity index (χ2v) is 6.44. The highest BCUT2D eigenvalue weighted by molar-refractivity contribution is 5.66. The first-order chi connectivity index (χ1) is 10.7. The van der Waals surface area contributed by atoms with Crippen molar-refractivity contribution in [1.29, 1.82) is 0 Å². The molecule has 132 valence electrons. The molecule has 4 nitrogen and oxygen atoms in total. The van der Waals surface area contributed by atoms with E-state index in [1.807, 2.05) is 6.92 Å². The van der Waals surface area contributed by atoms with Gasteiger partial charge in [-0.1, -0.05) is 77.0 Å². The first-order valence-corrected chi connectivity index (χ1v) is 9.19. The maximum absolute atomic E-state index is 10.3. The summed E-state index contributed by atoms with van der Waals surface area (Å²) in [4.78, 5) is 14.6. The molecule has 1 atom stereocenters. The van der Waals surface area contributed by atoms with Crippen molar-refractivity contribution in [2.45, 2.75) is 109 Å². The summed E-state index contributed by atoms with van der Waals surface area (Å²) in [5.41, 5.74) is 0. The molecule has 0 amide bonds. The third-order valence-electron chi connectivity index (χ3n) is 4.18. The van der Waals surface area contributed by atoms with Gasteiger partial charge in [0.15, 0.2) is 0 Å². The van der Waals surface area contributed by atoms with Crippen LogP contribution in [0.25, 0.3) is 0 Å². The van der Waals surface area contributed by atoms with Gasteiger partial charge >= 0.3 is 5.97 Å². The van der Waals surface area contributed by atoms with Crippen LogP contribution in [0.4, 0.5) is 0 Å². The quantitative estimate of drug-likeness (QED) is 0.202. The van der Waals surface area contributed by atoms with Gasteiger partial charge in [0.2, 0.25) is 0 Å². The lowest BCUT2D eigenvalue weighted by atomic mass is 10.0. The Morgan fingerprint density at radius 3 is 1.50 bits per heavy atom. The van der Waals surface area contributed by atoms with Crippen molar-refractivity contribution in [3.8, 4) is 0 Å². The van der Waals surface area contributed by atoms with Gasteiger partial charge < -0.3 is 5.11 Å². The molecule has 0 saturated heterocycles. The highest BCUT2D eigenvalue weighted by Crippen LogP contribution is 2.14. The maximum atomic E-state index is 10.3. The monoisotopic (exact) mass is 316 g/mol. The van der Waals surface area contributed by atoms with E-state index >= 15 is 0 Å². The van der Waals surface area contributed by atoms with E-state index < -0.39 is 5.97 Å². The number of rotatable bonds is 17. The molecule has 0 aromatic heterocycles. The Morgan fingerprint density at radius 2 is 1.14 bits per heavy atom. The molecule has 22 heavy (non-hydrogen) atoms. The van der Waals surface area contributed by atoms with Crippen LogP contribution in [0, 0.1) is 0 Å². The zero-order chi connectivity index (χ0) is 16.5. The topological polar surface area (TPSA) is 66.8 Å². The molecular weight excluding hydrogens is 280 g/mol. The lowest BCUT2D eigenvalue weighted by Gasteiger charge is -2.06. The molecular formula is C18H36O4. The van der Waals surface area contributed by atoms with Crippen LogP contribution in [0.15, 0.2) is 0 Å². The molecule has 0 aliphatic heterocycles. The number of hydrogen-bond donors (Lipinski definition) is 2. The molecule has 4 heteroatoms. The van der Waals surface area contributed by atoms with E-state index in [1.165, 1.54) is 64.2 Å². The average molecular weight is 316 g/mol. The molecule has 0 saturated carbocycles. The van der Waals surface area contributed by atoms with Crippen molar-refractivity contribution in [1.82, 2.24) is 0 Å². The summed E-state index contributed by atoms with van der Waals surface area (Å²) in [5.74, 6) is -0.670. The minimum absolute atomic E-state index is 0.0240. The van der Waals surface area contributed by atoms with Crippen molar-refractivity contribution in [2.75, 3.05) is 0 Å². The molecule has 0 radical (unpaired) electrons. The number of carboxylic acids is 1. The van der Waals surface area contributed by atoms with E-state index in [1.54, 1.807) is 0 Å². The largest absolute Gasteiger partial charge is 0.481 e. The summed E-state index contributed by atoms with van der Waals surface area (Å²) in [6.07, 6.45) is 17.2. The van der Waals surface area contributed by atoms with Crippen LogP contribution in [-0.2, 0) is 9.68 Å². The first-order valence-electron chi connectivity index (χ1n) is 9.19. The third kappa shape index (κ3) is 17.4. The van der Waals surface area contributed by atoms with Crippen molar-refractivity contribution >= 4 is 5.97 Å². The van der Waals surface area contributed by atoms with Crippen molar-refractivity contribution in [2.24, 2.45) is 0 Å². The van der Waals surface area contributed by atoms with Crippen LogP contribution in [0.2, 0.25) is 0 Å². The molecule has 2 N–H and O–H groups in total. The Balaban J connectivity index is 3.01. The summed E-state index contributed by atoms with van der Waals surface area (Å²) in [6.45, 7) is 1.90. The van der Waals surface area contributed by atoms with Gasteiger partial charge in [-0.3, -0.25) is 10.1 Å². The second kappa shape index (κ2) is 16.8. The SMILES string of the molecule is CC(CCCCCCCCCCCCCCCC(=O)O)OO. The average Bonchev–Trinajstić information content (AvgIpc) is 2.50. The van der Waals surface area contributed by atoms with Crippen molar-refractivity contribution in [3.63, 3.8) is 0 Å². The van der Waals surface area contributed by atoms with Gasteiger partial charge in [0.1, 0.15) is 0 Å². The molecule has 1 unspecified atom stereocenters. The number of hydrogen-bond acceptors (Lipinski definition) is 3. The van der Waals surface area contributed by atoms with E-state index in [0.717, 1.165) is 25.7 Å². The number of unbranched alkanes of at least 4 members (excludes halogenated alkanes) is 12. The van der Waals surface area contributed by atoms with Crippen LogP contribution in [0.3, 0.4) is 0 Å². The van der Waals surface area contributed by atoms with Crippen LogP contribution in [0.1, 0.15) is 103 Å². The van der Waals surface area contributed by atoms with Gasteiger partial charge in [-0.15, -0.1) is 0 Å². The minimum atomic E-state index is -0.670. The van der Waals surface area contributed by atoms with Gasteiger partial charge in [0.05, 0.1) is 6.10 Å². The third-order valence-corrected chi connectivity index (χ3v) is 4.18. The molecule has 0 bridgehead atoms. The predicted octanol–water partition coefficient (Wildman–Crippen LogP) is 5.80. The lowest BCUT2D eigenvalue weighted by Crippen LogP contribution is -2.04. The van der Waals surface area contributed by atoms with Crippen LogP contribution < -0.4 is 0 Å². The van der Waals surface area contributed by atoms with Gasteiger partial charge in [-0.05, 0) is 19.8 Å². The number of carbonyl (C=O) groups is 1. The van der Waals surface area contributed by atoms with E-state index in [-0.39, 0.29) is 6.10 Å². The summed E-state index contributed by atoms with van der Waals surface area (Å²) < 4.78 is 0. The van der Waals surface area contributed by atoms with E-state index in [4.69, 9.17) is 10.4 Å². The van der Waals surface area contributed by atoms with E-state index in [0.29, 0.717) is 6.42 Å². The van der Waals surface area contributed by atoms with Crippen molar-refractivity contribution < 1.29 is 20.0 Å². The molecule has 0 aromatic rings. The predicted molar refractivity (Wildman–Crippen MR) is 90.1 cm³/mol. The highest BCUT2D eigenvalue weighted by Gasteiger charge is 2.00. The molecule has 0 aromatic carbocycles. The molecule has 0 fully saturated rings. The highest BCUT2D eigenvalue weighted by atomic mass is 17.1. The Hall–Kier alpha value is -0.610. The fourth-order valence-corrected chi connectivity index (χ4v) is 2.71. The Kier molecular flexibility index (Phi) is 16.3. The molecule has 0 spiro atoms. The molecule has 0 aliphatic rings. The Labute approximate surface area is 136 Å². The van der Waals surface area contributed by atoms with Gasteiger partial charge in [-0.25, -0.2) is 4.89 Å². The second-order valence-electron chi connectivity index (χ2n) is 6.44. The standard InChI is InChI=1S/C18H36O4/c1-17(22-21)15-13-11-9-7-5-3-2-4-6-8-10-12-14-16-18(19)20/h17,21H,2-16H2,1H3,(H,19,20). The number of carboxylic acid groups (broad SMARTS) is 1. The summed E-state index contributed by atoms with van der Waals surface area (Å²) in [5, 5.41) is 17.0. The van der Waals surface area contributed by atoms with E-state index in [2.05, 4.69) is 4.89 Å². The minimum Gasteiger partial charge on any atom is -0.481 e. The van der Waals surface area contributed by atoms with Crippen LogP contribution in [0.5, 0.6) is 0 Å². The zero-order valence-corrected chi connectivity index (χ0v) is 14.4. The Bertz CT molecular complexity index is 243. The summed E-state index contributed by atoms with van der Waals surface area (Å²) >= 11 is 0. The number of aliphatic carboxylic acids is 1. The van der Waals surface area contributed by atoms with Crippen LogP contribution >= 0.6 is 0 Å². The van der Waals surface area contributed by atoms with Gasteiger partial charge in [-0.2, -0.15) is 0 Å². The smallest absolute Gasteiger partial charge is 0.303 e. The molecule has 0 heterocycles. The summed E-state index contributed by atoms with van der Waals surface area (Å²) in [6, 6.07) is 0. The fourth-order valence-electron chi connectivity index (χ4n) is 2.71. The fraction of sp³-hybridized carbons (Fsp3) is 0.944. The van der Waals surface area contributed by atoms with Gasteiger partial charge in [0.25, 0.3) is 0 Å². The van der Waals surface area contributed by atoms with Crippen LogP contribution in [-0.4, -0.2) is 22.4 Å². The van der Waals surface area contributed by atoms with E-state index in [9.17, 15) is 4.79 Å². The lowest BCUT2D eigenvalue weighted by molar-refractivity contribution is -0.275. The summed E-state index contributed by atoms with van der Waals surface area (Å²) in [7, 11) is 0. The first kappa shape index (κ1) is 21.4. The van der Waals surface area contributed by atoms with Crippen molar-refractivity contribution in [3.05, 3.63) is 0 Å². The molecule has 0 aliphatic carbocycles. The zero-order valence-electron chi connectivity index (χ0n) is 14.4. The maximum Gasteiger partial charge on any atom is 0.303 e. The van der Waals surface area contributed by atoms with Gasteiger partial charge in [0, 0.05) is 6.42 Å². The molecule has 0 rings (SSSR count).